The summed E-state index contributed by atoms with van der Waals surface area (Å²) in [5.41, 5.74) is -17.1. The minimum absolute atomic E-state index is 7.93. The topological polar surface area (TPSA) is 109 Å². The van der Waals surface area contributed by atoms with Crippen LogP contribution in [0.4, 0.5) is 61.5 Å². The van der Waals surface area contributed by atoms with Gasteiger partial charge in [0.1, 0.15) is 0 Å². The molecule has 0 saturated heterocycles. The molecule has 1 saturated carbocycles. The fourth-order valence-electron chi connectivity index (χ4n) is 2.35. The third kappa shape index (κ3) is 2.27. The van der Waals surface area contributed by atoms with Crippen LogP contribution in [-0.2, 0) is 20.2 Å². The van der Waals surface area contributed by atoms with E-state index < -0.39 is 65.8 Å². The van der Waals surface area contributed by atoms with Crippen molar-refractivity contribution < 1.29 is 87.4 Å². The molecule has 0 unspecified atom stereocenters. The van der Waals surface area contributed by atoms with Crippen LogP contribution in [0.5, 0.6) is 0 Å². The average Bonchev–Trinajstić information content (AvgIpc) is 2.48. The van der Waals surface area contributed by atoms with Gasteiger partial charge >= 0.3 is 65.8 Å². The van der Waals surface area contributed by atoms with Gasteiger partial charge in [0.15, 0.2) is 0 Å². The summed E-state index contributed by atoms with van der Waals surface area (Å²) in [4.78, 5) is 0. The Hall–Kier alpha value is -1.16. The van der Waals surface area contributed by atoms with Crippen LogP contribution in [0.15, 0.2) is 0 Å². The quantitative estimate of drug-likeness (QED) is 0.433. The van der Waals surface area contributed by atoms with Gasteiger partial charge in [0.2, 0.25) is 0 Å². The number of rotatable bonds is 4. The third-order valence-corrected chi connectivity index (χ3v) is 5.83. The van der Waals surface area contributed by atoms with Gasteiger partial charge in [0, 0.05) is 0 Å². The minimum atomic E-state index is -8.63. The maximum Gasteiger partial charge on any atom is 0.415 e. The monoisotopic (exact) mass is 524 g/mol. The Morgan fingerprint density at radius 2 is 0.600 bits per heavy atom. The Kier molecular flexibility index (Phi) is 5.19. The van der Waals surface area contributed by atoms with E-state index in [1.165, 1.54) is 0 Å². The highest BCUT2D eigenvalue weighted by atomic mass is 32.2. The van der Waals surface area contributed by atoms with Gasteiger partial charge in [-0.25, -0.2) is 8.78 Å². The highest BCUT2D eigenvalue weighted by Gasteiger charge is 3.09. The fourth-order valence-corrected chi connectivity index (χ4v) is 3.57. The lowest BCUT2D eigenvalue weighted by Crippen LogP contribution is -2.91. The molecule has 0 spiro atoms. The third-order valence-electron chi connectivity index (χ3n) is 3.97. The largest absolute Gasteiger partial charge is 0.415 e. The van der Waals surface area contributed by atoms with Crippen molar-refractivity contribution in [3.05, 3.63) is 0 Å². The average molecular weight is 524 g/mol. The van der Waals surface area contributed by atoms with Crippen molar-refractivity contribution >= 4 is 20.2 Å². The smallest absolute Gasteiger partial charge is 0.281 e. The zero-order valence-corrected chi connectivity index (χ0v) is 14.3. The summed E-state index contributed by atoms with van der Waals surface area (Å²) < 4.78 is 248. The molecule has 1 aliphatic carbocycles. The van der Waals surface area contributed by atoms with Crippen LogP contribution in [0, 0.1) is 0 Å². The first kappa shape index (κ1) is 26.9. The Morgan fingerprint density at radius 1 is 0.467 bits per heavy atom. The summed E-state index contributed by atoms with van der Waals surface area (Å²) in [5, 5.41) is -16.1. The van der Waals surface area contributed by atoms with Crippen molar-refractivity contribution in [3.63, 3.8) is 0 Å². The lowest BCUT2D eigenvalue weighted by molar-refractivity contribution is -0.492. The second kappa shape index (κ2) is 5.79. The van der Waals surface area contributed by atoms with Gasteiger partial charge in [-0.2, -0.15) is 69.5 Å². The van der Waals surface area contributed by atoms with Crippen LogP contribution in [0.2, 0.25) is 0 Å². The van der Waals surface area contributed by atoms with Gasteiger partial charge in [0.05, 0.1) is 0 Å². The Labute approximate surface area is 154 Å². The molecular weight excluding hydrogens is 522 g/mol. The van der Waals surface area contributed by atoms with Crippen molar-refractivity contribution in [2.75, 3.05) is 0 Å². The Morgan fingerprint density at radius 3 is 0.700 bits per heavy atom. The van der Waals surface area contributed by atoms with E-state index in [-0.39, 0.29) is 0 Å². The number of hydrogen-bond acceptors (Lipinski definition) is 4. The van der Waals surface area contributed by atoms with E-state index in [1.807, 2.05) is 0 Å². The number of halogens is 14. The van der Waals surface area contributed by atoms with E-state index in [0.29, 0.717) is 0 Å². The molecule has 180 valence electrons. The first-order chi connectivity index (χ1) is 12.5. The standard InChI is InChI=1S/C8H2F14O6S2/c9-1(7(19,20)29(23,24)25)3(11,12)5(15,16)2(10,6(17,18)4(1,13)14)8(21,22)30(26,27)28/h(H,23,24,25)(H,26,27,28). The molecule has 0 amide bonds. The predicted molar refractivity (Wildman–Crippen MR) is 60.5 cm³/mol. The van der Waals surface area contributed by atoms with E-state index in [4.69, 9.17) is 9.11 Å². The van der Waals surface area contributed by atoms with Crippen LogP contribution in [0.1, 0.15) is 0 Å². The van der Waals surface area contributed by atoms with Gasteiger partial charge in [-0.05, 0) is 0 Å². The fraction of sp³-hybridized carbons (Fsp3) is 1.00. The summed E-state index contributed by atoms with van der Waals surface area (Å²) in [6.07, 6.45) is 0. The predicted octanol–water partition coefficient (Wildman–Crippen LogP) is 2.92. The molecular formula is C8H2F14O6S2. The summed E-state index contributed by atoms with van der Waals surface area (Å²) in [6, 6.07) is 0. The van der Waals surface area contributed by atoms with Gasteiger partial charge in [-0.1, -0.05) is 0 Å². The molecule has 1 aliphatic rings. The normalized spacial score (nSPS) is 33.9. The Balaban J connectivity index is 4.39. The molecule has 30 heavy (non-hydrogen) atoms. The Bertz CT molecular complexity index is 847. The van der Waals surface area contributed by atoms with Crippen molar-refractivity contribution in [1.82, 2.24) is 0 Å². The van der Waals surface area contributed by atoms with Gasteiger partial charge in [-0.15, -0.1) is 0 Å². The highest BCUT2D eigenvalue weighted by Crippen LogP contribution is 2.75. The SMILES string of the molecule is O=S(=O)(O)C(F)(F)C1(F)C(F)(F)C(F)(F)C(F)(C(F)(F)S(=O)(=O)O)C(F)(F)C1(F)F. The van der Waals surface area contributed by atoms with Crippen LogP contribution in [-0.4, -0.2) is 71.5 Å². The molecule has 0 aromatic carbocycles. The molecule has 6 nitrogen and oxygen atoms in total. The molecule has 0 aromatic heterocycles. The molecule has 0 atom stereocenters. The summed E-state index contributed by atoms with van der Waals surface area (Å²) >= 11 is 0. The second-order valence-corrected chi connectivity index (χ2v) is 8.52. The molecule has 0 aromatic rings. The summed E-state index contributed by atoms with van der Waals surface area (Å²) in [5.74, 6) is -34.5. The van der Waals surface area contributed by atoms with Crippen LogP contribution >= 0.6 is 0 Å². The van der Waals surface area contributed by atoms with E-state index in [1.54, 1.807) is 0 Å². The second-order valence-electron chi connectivity index (χ2n) is 5.60. The van der Waals surface area contributed by atoms with E-state index in [0.717, 1.165) is 0 Å². The molecule has 0 radical (unpaired) electrons. The van der Waals surface area contributed by atoms with E-state index in [9.17, 15) is 78.3 Å². The molecule has 2 N–H and O–H groups in total. The first-order valence-electron chi connectivity index (χ1n) is 6.09. The van der Waals surface area contributed by atoms with Crippen molar-refractivity contribution in [1.29, 1.82) is 0 Å². The maximum atomic E-state index is 14.0. The first-order valence-corrected chi connectivity index (χ1v) is 8.97. The van der Waals surface area contributed by atoms with Crippen LogP contribution < -0.4 is 0 Å². The van der Waals surface area contributed by atoms with Crippen molar-refractivity contribution in [2.24, 2.45) is 0 Å². The van der Waals surface area contributed by atoms with Crippen molar-refractivity contribution in [2.45, 2.75) is 45.5 Å². The number of alkyl halides is 14. The zero-order chi connectivity index (χ0) is 25.0. The van der Waals surface area contributed by atoms with Gasteiger partial charge in [-0.3, -0.25) is 9.11 Å². The molecule has 1 fully saturated rings. The van der Waals surface area contributed by atoms with Gasteiger partial charge < -0.3 is 0 Å². The number of hydrogen-bond donors (Lipinski definition) is 2. The lowest BCUT2D eigenvalue weighted by Gasteiger charge is -2.56. The maximum absolute atomic E-state index is 14.0. The summed E-state index contributed by atoms with van der Waals surface area (Å²) in [6.45, 7) is 0. The zero-order valence-electron chi connectivity index (χ0n) is 12.6. The molecule has 0 bridgehead atoms. The lowest BCUT2D eigenvalue weighted by atomic mass is 9.66. The van der Waals surface area contributed by atoms with Crippen molar-refractivity contribution in [3.8, 4) is 0 Å². The molecule has 1 rings (SSSR count). The molecule has 22 heteroatoms. The summed E-state index contributed by atoms with van der Waals surface area (Å²) in [7, 11) is -16.2. The van der Waals surface area contributed by atoms with Gasteiger partial charge in [0.25, 0.3) is 0 Å². The molecule has 0 heterocycles. The van der Waals surface area contributed by atoms with E-state index in [2.05, 4.69) is 0 Å². The minimum Gasteiger partial charge on any atom is -0.281 e. The van der Waals surface area contributed by atoms with Crippen LogP contribution in [0.25, 0.3) is 0 Å². The molecule has 0 aliphatic heterocycles. The highest BCUT2D eigenvalue weighted by molar-refractivity contribution is 7.87. The van der Waals surface area contributed by atoms with E-state index >= 15 is 0 Å². The van der Waals surface area contributed by atoms with Crippen LogP contribution in [0.3, 0.4) is 0 Å².